The van der Waals surface area contributed by atoms with Gasteiger partial charge in [-0.1, -0.05) is 29.3 Å². The molecule has 0 aromatic rings. The van der Waals surface area contributed by atoms with E-state index in [-0.39, 0.29) is 4.66 Å². The lowest BCUT2D eigenvalue weighted by atomic mass is 10.0. The van der Waals surface area contributed by atoms with Gasteiger partial charge in [0.25, 0.3) is 0 Å². The summed E-state index contributed by atoms with van der Waals surface area (Å²) >= 11 is 2.95. The molecule has 0 bridgehead atoms. The molecule has 0 aliphatic heterocycles. The second-order valence-electron chi connectivity index (χ2n) is 3.79. The molecule has 1 aliphatic rings. The summed E-state index contributed by atoms with van der Waals surface area (Å²) in [4.78, 5) is 0. The Morgan fingerprint density at radius 2 is 2.08 bits per heavy atom. The Labute approximate surface area is 88.5 Å². The molecule has 1 aliphatic carbocycles. The summed E-state index contributed by atoms with van der Waals surface area (Å²) in [6, 6.07) is 0. The fraction of sp³-hybridized carbons (Fsp3) is 1.00. The predicted octanol–water partition coefficient (Wildman–Crippen LogP) is 1.84. The van der Waals surface area contributed by atoms with Crippen LogP contribution >= 0.6 is 15.9 Å². The number of hydrogen-bond donors (Lipinski definition) is 1. The van der Waals surface area contributed by atoms with Gasteiger partial charge in [-0.15, -0.1) is 0 Å². The fourth-order valence-corrected chi connectivity index (χ4v) is 2.61. The van der Waals surface area contributed by atoms with Gasteiger partial charge in [0.1, 0.15) is 4.66 Å². The molecule has 1 N–H and O–H groups in total. The Morgan fingerprint density at radius 1 is 1.46 bits per heavy atom. The van der Waals surface area contributed by atoms with Gasteiger partial charge in [0.15, 0.2) is 0 Å². The lowest BCUT2D eigenvalue weighted by Crippen LogP contribution is -2.30. The maximum atomic E-state index is 11.1. The van der Waals surface area contributed by atoms with Gasteiger partial charge in [-0.25, -0.2) is 13.1 Å². The molecule has 3 nitrogen and oxygen atoms in total. The van der Waals surface area contributed by atoms with E-state index in [9.17, 15) is 8.42 Å². The van der Waals surface area contributed by atoms with Crippen molar-refractivity contribution < 1.29 is 8.42 Å². The van der Waals surface area contributed by atoms with Gasteiger partial charge < -0.3 is 0 Å². The molecule has 1 saturated carbocycles. The third-order valence-electron chi connectivity index (χ3n) is 2.55. The molecule has 0 radical (unpaired) electrons. The Balaban J connectivity index is 2.34. The van der Waals surface area contributed by atoms with Gasteiger partial charge in [-0.3, -0.25) is 0 Å². The Bertz CT molecular complexity index is 259. The maximum Gasteiger partial charge on any atom is 0.221 e. The number of hydrogen-bond acceptors (Lipinski definition) is 2. The summed E-state index contributed by atoms with van der Waals surface area (Å²) in [6.45, 7) is 2.76. The monoisotopic (exact) mass is 269 g/mol. The van der Waals surface area contributed by atoms with Crippen molar-refractivity contribution in [3.8, 4) is 0 Å². The van der Waals surface area contributed by atoms with Gasteiger partial charge in [0.2, 0.25) is 10.0 Å². The summed E-state index contributed by atoms with van der Waals surface area (Å²) in [5, 5.41) is 0. The first kappa shape index (κ1) is 11.5. The first-order valence-electron chi connectivity index (χ1n) is 4.57. The lowest BCUT2D eigenvalue weighted by Gasteiger charge is -2.13. The molecular formula is C8H16BrNO2S. The van der Waals surface area contributed by atoms with E-state index in [4.69, 9.17) is 0 Å². The normalized spacial score (nSPS) is 20.2. The predicted molar refractivity (Wildman–Crippen MR) is 57.3 cm³/mol. The Kier molecular flexibility index (Phi) is 3.77. The van der Waals surface area contributed by atoms with Gasteiger partial charge in [-0.05, 0) is 24.7 Å². The molecule has 13 heavy (non-hydrogen) atoms. The minimum atomic E-state index is -3.06. The van der Waals surface area contributed by atoms with Crippen molar-refractivity contribution in [2.24, 2.45) is 5.41 Å². The average molecular weight is 270 g/mol. The summed E-state index contributed by atoms with van der Waals surface area (Å²) < 4.78 is 24.9. The van der Waals surface area contributed by atoms with Gasteiger partial charge in [-0.2, -0.15) is 0 Å². The van der Waals surface area contributed by atoms with Crippen molar-refractivity contribution in [2.75, 3.05) is 11.2 Å². The molecule has 1 fully saturated rings. The second-order valence-corrected chi connectivity index (χ2v) is 6.90. The van der Waals surface area contributed by atoms with Crippen LogP contribution in [0, 0.1) is 5.41 Å². The average Bonchev–Trinajstić information content (AvgIpc) is 2.84. The first-order valence-corrected chi connectivity index (χ1v) is 7.34. The van der Waals surface area contributed by atoms with Crippen molar-refractivity contribution in [3.63, 3.8) is 0 Å². The van der Waals surface area contributed by atoms with Gasteiger partial charge in [0, 0.05) is 6.54 Å². The number of rotatable bonds is 6. The highest BCUT2D eigenvalue weighted by molar-refractivity contribution is 9.10. The van der Waals surface area contributed by atoms with Crippen molar-refractivity contribution in [3.05, 3.63) is 0 Å². The zero-order valence-electron chi connectivity index (χ0n) is 7.85. The zero-order valence-corrected chi connectivity index (χ0v) is 10.2. The highest BCUT2D eigenvalue weighted by Gasteiger charge is 2.41. The van der Waals surface area contributed by atoms with Crippen LogP contribution in [-0.2, 0) is 10.0 Å². The maximum absolute atomic E-state index is 11.1. The van der Waals surface area contributed by atoms with Crippen molar-refractivity contribution in [2.45, 2.75) is 32.6 Å². The minimum absolute atomic E-state index is 0.00219. The molecule has 0 amide bonds. The van der Waals surface area contributed by atoms with Crippen LogP contribution in [0.5, 0.6) is 0 Å². The molecule has 0 aromatic heterocycles. The van der Waals surface area contributed by atoms with Crippen LogP contribution in [0.4, 0.5) is 0 Å². The van der Waals surface area contributed by atoms with Gasteiger partial charge >= 0.3 is 0 Å². The summed E-state index contributed by atoms with van der Waals surface area (Å²) in [7, 11) is -3.06. The number of sulfonamides is 1. The smallest absolute Gasteiger partial charge is 0.214 e. The van der Waals surface area contributed by atoms with Crippen LogP contribution in [-0.4, -0.2) is 19.6 Å². The van der Waals surface area contributed by atoms with Crippen LogP contribution in [0.15, 0.2) is 0 Å². The number of alkyl halides is 1. The van der Waals surface area contributed by atoms with E-state index in [0.29, 0.717) is 12.0 Å². The van der Waals surface area contributed by atoms with Crippen molar-refractivity contribution >= 4 is 26.0 Å². The zero-order chi connectivity index (χ0) is 9.95. The quantitative estimate of drug-likeness (QED) is 0.748. The number of halogens is 1. The van der Waals surface area contributed by atoms with Crippen molar-refractivity contribution in [1.82, 2.24) is 4.72 Å². The molecule has 5 heteroatoms. The Morgan fingerprint density at radius 3 is 2.46 bits per heavy atom. The highest BCUT2D eigenvalue weighted by Crippen LogP contribution is 2.48. The molecule has 0 heterocycles. The lowest BCUT2D eigenvalue weighted by molar-refractivity contribution is 0.450. The standard InChI is InChI=1S/C8H16BrNO2S/c1-2-3-8(4-5-8)6-10-13(11,12)7-9/h10H,2-7H2,1H3. The van der Waals surface area contributed by atoms with E-state index in [1.165, 1.54) is 12.8 Å². The Hall–Kier alpha value is 0.390. The van der Waals surface area contributed by atoms with Crippen molar-refractivity contribution in [1.29, 1.82) is 0 Å². The van der Waals surface area contributed by atoms with Crippen LogP contribution in [0.25, 0.3) is 0 Å². The molecule has 0 saturated heterocycles. The van der Waals surface area contributed by atoms with Crippen LogP contribution in [0.1, 0.15) is 32.6 Å². The third kappa shape index (κ3) is 3.56. The fourth-order valence-electron chi connectivity index (χ4n) is 1.52. The van der Waals surface area contributed by atoms with E-state index >= 15 is 0 Å². The summed E-state index contributed by atoms with van der Waals surface area (Å²) in [5.74, 6) is 0. The van der Waals surface area contributed by atoms with E-state index in [0.717, 1.165) is 12.8 Å². The second kappa shape index (κ2) is 4.28. The van der Waals surface area contributed by atoms with Crippen LogP contribution in [0.2, 0.25) is 0 Å². The summed E-state index contributed by atoms with van der Waals surface area (Å²) in [5.41, 5.74) is 0.296. The van der Waals surface area contributed by atoms with Gasteiger partial charge in [0.05, 0.1) is 0 Å². The highest BCUT2D eigenvalue weighted by atomic mass is 79.9. The molecule has 0 aromatic carbocycles. The molecular weight excluding hydrogens is 254 g/mol. The molecule has 0 spiro atoms. The minimum Gasteiger partial charge on any atom is -0.214 e. The topological polar surface area (TPSA) is 46.2 Å². The largest absolute Gasteiger partial charge is 0.221 e. The molecule has 0 atom stereocenters. The molecule has 0 unspecified atom stereocenters. The van der Waals surface area contributed by atoms with E-state index in [1.807, 2.05) is 0 Å². The molecule has 78 valence electrons. The summed E-state index contributed by atoms with van der Waals surface area (Å²) in [6.07, 6.45) is 4.62. The first-order chi connectivity index (χ1) is 6.04. The van der Waals surface area contributed by atoms with Crippen LogP contribution < -0.4 is 4.72 Å². The van der Waals surface area contributed by atoms with Crippen LogP contribution in [0.3, 0.4) is 0 Å². The molecule has 1 rings (SSSR count). The van der Waals surface area contributed by atoms with E-state index in [2.05, 4.69) is 27.6 Å². The van der Waals surface area contributed by atoms with E-state index < -0.39 is 10.0 Å². The third-order valence-corrected chi connectivity index (χ3v) is 5.23. The van der Waals surface area contributed by atoms with E-state index in [1.54, 1.807) is 0 Å². The SMILES string of the molecule is CCCC1(CNS(=O)(=O)CBr)CC1. The number of nitrogens with one attached hydrogen (secondary N) is 1.